The van der Waals surface area contributed by atoms with Gasteiger partial charge in [-0.2, -0.15) is 0 Å². The smallest absolute Gasteiger partial charge is 0.319 e. The number of nitrogens with one attached hydrogen (secondary N) is 2. The summed E-state index contributed by atoms with van der Waals surface area (Å²) < 4.78 is 0.905. The van der Waals surface area contributed by atoms with Gasteiger partial charge in [0.25, 0.3) is 0 Å². The van der Waals surface area contributed by atoms with Crippen LogP contribution < -0.4 is 16.4 Å². The molecule has 0 heterocycles. The molecule has 0 aliphatic carbocycles. The number of nitrogens with two attached hydrogens (primary N) is 1. The predicted molar refractivity (Wildman–Crippen MR) is 93.0 cm³/mol. The maximum Gasteiger partial charge on any atom is 0.319 e. The molecule has 1 aromatic carbocycles. The second kappa shape index (κ2) is 9.29. The maximum absolute atomic E-state index is 12.2. The Morgan fingerprint density at radius 2 is 1.74 bits per heavy atom. The number of anilines is 1. The van der Waals surface area contributed by atoms with E-state index in [1.54, 1.807) is 24.3 Å². The number of primary amides is 1. The van der Waals surface area contributed by atoms with E-state index in [1.165, 1.54) is 0 Å². The fraction of sp³-hybridized carbons (Fsp3) is 0.438. The summed E-state index contributed by atoms with van der Waals surface area (Å²) >= 11 is 3.32. The van der Waals surface area contributed by atoms with E-state index in [0.717, 1.165) is 4.47 Å². The Labute approximate surface area is 144 Å². The number of ketones is 1. The van der Waals surface area contributed by atoms with Crippen molar-refractivity contribution in [3.63, 3.8) is 0 Å². The van der Waals surface area contributed by atoms with Gasteiger partial charge in [-0.25, -0.2) is 4.79 Å². The summed E-state index contributed by atoms with van der Waals surface area (Å²) in [5, 5.41) is 5.35. The molecule has 1 atom stereocenters. The Kier molecular flexibility index (Phi) is 7.74. The lowest BCUT2D eigenvalue weighted by Gasteiger charge is -2.19. The Balaban J connectivity index is 2.64. The Bertz CT molecular complexity index is 558. The van der Waals surface area contributed by atoms with Crippen LogP contribution in [0.3, 0.4) is 0 Å². The minimum Gasteiger partial charge on any atom is -0.370 e. The van der Waals surface area contributed by atoms with E-state index in [2.05, 4.69) is 26.6 Å². The Hall–Kier alpha value is -1.89. The first kappa shape index (κ1) is 19.2. The molecular formula is C16H22BrN3O3. The second-order valence-electron chi connectivity index (χ2n) is 5.72. The van der Waals surface area contributed by atoms with Crippen LogP contribution in [0, 0.1) is 5.92 Å². The van der Waals surface area contributed by atoms with Crippen LogP contribution in [0.4, 0.5) is 10.5 Å². The molecule has 7 heteroatoms. The summed E-state index contributed by atoms with van der Waals surface area (Å²) in [4.78, 5) is 35.0. The van der Waals surface area contributed by atoms with Gasteiger partial charge in [-0.15, -0.1) is 0 Å². The molecule has 4 N–H and O–H groups in total. The number of benzene rings is 1. The summed E-state index contributed by atoms with van der Waals surface area (Å²) in [7, 11) is 0. The number of hydrogen-bond acceptors (Lipinski definition) is 3. The van der Waals surface area contributed by atoms with Crippen LogP contribution in [-0.2, 0) is 9.59 Å². The van der Waals surface area contributed by atoms with Gasteiger partial charge in [0.1, 0.15) is 0 Å². The molecule has 1 rings (SSSR count). The highest BCUT2D eigenvalue weighted by molar-refractivity contribution is 9.10. The van der Waals surface area contributed by atoms with Gasteiger partial charge in [-0.05, 0) is 36.6 Å². The summed E-state index contributed by atoms with van der Waals surface area (Å²) in [6.07, 6.45) is 0.528. The lowest BCUT2D eigenvalue weighted by molar-refractivity contribution is -0.125. The SMILES string of the molecule is CC(C)C[C@H](NC(=O)Nc1ccc(Br)cc1)C(=O)CCC(N)=O. The molecule has 0 aliphatic rings. The number of halogens is 1. The molecule has 126 valence electrons. The van der Waals surface area contributed by atoms with Gasteiger partial charge in [0.2, 0.25) is 5.91 Å². The summed E-state index contributed by atoms with van der Waals surface area (Å²) in [6, 6.07) is 6.01. The fourth-order valence-electron chi connectivity index (χ4n) is 2.02. The lowest BCUT2D eigenvalue weighted by Crippen LogP contribution is -2.44. The molecule has 0 saturated heterocycles. The van der Waals surface area contributed by atoms with Gasteiger partial charge < -0.3 is 16.4 Å². The van der Waals surface area contributed by atoms with Crippen LogP contribution in [0.2, 0.25) is 0 Å². The number of Topliss-reactive ketones (excluding diaryl/α,β-unsaturated/α-hetero) is 1. The van der Waals surface area contributed by atoms with Gasteiger partial charge in [0.15, 0.2) is 5.78 Å². The van der Waals surface area contributed by atoms with Gasteiger partial charge >= 0.3 is 6.03 Å². The van der Waals surface area contributed by atoms with Crippen LogP contribution in [-0.4, -0.2) is 23.8 Å². The first-order valence-corrected chi connectivity index (χ1v) is 8.21. The molecule has 0 aromatic heterocycles. The van der Waals surface area contributed by atoms with Crippen molar-refractivity contribution in [2.75, 3.05) is 5.32 Å². The molecule has 0 unspecified atom stereocenters. The number of urea groups is 1. The van der Waals surface area contributed by atoms with Crippen LogP contribution >= 0.6 is 15.9 Å². The topological polar surface area (TPSA) is 101 Å². The van der Waals surface area contributed by atoms with Gasteiger partial charge in [0.05, 0.1) is 6.04 Å². The minimum absolute atomic E-state index is 0.0105. The van der Waals surface area contributed by atoms with Gasteiger partial charge in [0, 0.05) is 23.0 Å². The molecular weight excluding hydrogens is 362 g/mol. The summed E-state index contributed by atoms with van der Waals surface area (Å²) in [6.45, 7) is 3.92. The number of carbonyl (C=O) groups is 3. The first-order chi connectivity index (χ1) is 10.8. The van der Waals surface area contributed by atoms with E-state index in [1.807, 2.05) is 13.8 Å². The van der Waals surface area contributed by atoms with Crippen LogP contribution in [0.25, 0.3) is 0 Å². The average Bonchev–Trinajstić information content (AvgIpc) is 2.46. The largest absolute Gasteiger partial charge is 0.370 e. The molecule has 0 aliphatic heterocycles. The highest BCUT2D eigenvalue weighted by Crippen LogP contribution is 2.14. The number of rotatable bonds is 8. The van der Waals surface area contributed by atoms with Crippen molar-refractivity contribution in [2.45, 2.75) is 39.2 Å². The standard InChI is InChI=1S/C16H22BrN3O3/c1-10(2)9-13(14(21)7-8-15(18)22)20-16(23)19-12-5-3-11(17)4-6-12/h3-6,10,13H,7-9H2,1-2H3,(H2,18,22)(H2,19,20,23)/t13-/m0/s1. The number of hydrogen-bond donors (Lipinski definition) is 3. The van der Waals surface area contributed by atoms with Crippen molar-refractivity contribution < 1.29 is 14.4 Å². The molecule has 1 aromatic rings. The van der Waals surface area contributed by atoms with Crippen LogP contribution in [0.15, 0.2) is 28.7 Å². The zero-order chi connectivity index (χ0) is 17.4. The third kappa shape index (κ3) is 7.78. The number of amides is 3. The molecule has 3 amide bonds. The molecule has 0 bridgehead atoms. The zero-order valence-electron chi connectivity index (χ0n) is 13.3. The monoisotopic (exact) mass is 383 g/mol. The zero-order valence-corrected chi connectivity index (χ0v) is 14.9. The van der Waals surface area contributed by atoms with Crippen LogP contribution in [0.1, 0.15) is 33.1 Å². The quantitative estimate of drug-likeness (QED) is 0.642. The van der Waals surface area contributed by atoms with E-state index in [4.69, 9.17) is 5.73 Å². The molecule has 23 heavy (non-hydrogen) atoms. The van der Waals surface area contributed by atoms with Crippen molar-refractivity contribution in [3.05, 3.63) is 28.7 Å². The summed E-state index contributed by atoms with van der Waals surface area (Å²) in [5.41, 5.74) is 5.69. The highest BCUT2D eigenvalue weighted by atomic mass is 79.9. The van der Waals surface area contributed by atoms with E-state index in [9.17, 15) is 14.4 Å². The first-order valence-electron chi connectivity index (χ1n) is 7.42. The van der Waals surface area contributed by atoms with Crippen molar-refractivity contribution in [3.8, 4) is 0 Å². The lowest BCUT2D eigenvalue weighted by atomic mass is 9.98. The highest BCUT2D eigenvalue weighted by Gasteiger charge is 2.22. The van der Waals surface area contributed by atoms with E-state index < -0.39 is 18.0 Å². The predicted octanol–water partition coefficient (Wildman–Crippen LogP) is 2.82. The average molecular weight is 384 g/mol. The minimum atomic E-state index is -0.634. The van der Waals surface area contributed by atoms with Crippen LogP contribution in [0.5, 0.6) is 0 Å². The molecule has 0 saturated carbocycles. The third-order valence-corrected chi connectivity index (χ3v) is 3.65. The second-order valence-corrected chi connectivity index (χ2v) is 6.64. The van der Waals surface area contributed by atoms with Crippen molar-refractivity contribution >= 4 is 39.3 Å². The molecule has 0 fully saturated rings. The van der Waals surface area contributed by atoms with Gasteiger partial charge in [-0.1, -0.05) is 29.8 Å². The number of carbonyl (C=O) groups excluding carboxylic acids is 3. The van der Waals surface area contributed by atoms with Crippen molar-refractivity contribution in [1.29, 1.82) is 0 Å². The fourth-order valence-corrected chi connectivity index (χ4v) is 2.29. The molecule has 6 nitrogen and oxygen atoms in total. The van der Waals surface area contributed by atoms with E-state index in [-0.39, 0.29) is 24.5 Å². The molecule has 0 spiro atoms. The third-order valence-electron chi connectivity index (χ3n) is 3.12. The summed E-state index contributed by atoms with van der Waals surface area (Å²) in [5.74, 6) is -0.491. The van der Waals surface area contributed by atoms with Gasteiger partial charge in [-0.3, -0.25) is 9.59 Å². The van der Waals surface area contributed by atoms with E-state index >= 15 is 0 Å². The Morgan fingerprint density at radius 1 is 1.13 bits per heavy atom. The van der Waals surface area contributed by atoms with Crippen molar-refractivity contribution in [2.24, 2.45) is 11.7 Å². The Morgan fingerprint density at radius 3 is 2.26 bits per heavy atom. The van der Waals surface area contributed by atoms with E-state index in [0.29, 0.717) is 12.1 Å². The maximum atomic E-state index is 12.2. The van der Waals surface area contributed by atoms with Crippen molar-refractivity contribution in [1.82, 2.24) is 5.32 Å². The normalized spacial score (nSPS) is 11.8. The molecule has 0 radical (unpaired) electrons.